The van der Waals surface area contributed by atoms with E-state index in [-0.39, 0.29) is 53.2 Å². The molecule has 7 aliphatic rings. The quantitative estimate of drug-likeness (QED) is 0.216. The van der Waals surface area contributed by atoms with Gasteiger partial charge in [-0.15, -0.1) is 0 Å². The standard InChI is InChI=1S/C35H44O8/c1-8-16(2)29(37)41-22-14-18(4)23-21(36)13-17(3)24(23)27-25(22)35(31(39)43-27)15-34-12-11-32(35,6)28(34)26-20(9-10-33(34,7)40)19(5)30(38)42-26/h8,11-13,18-20,22-28,40H,9-10,14-15H2,1-7H3/b16-8-/t18-,19-,20-,22-,23+,24-,25+,26-,27+,28-,32-,33+,34-,35?/m0/s1. The van der Waals surface area contributed by atoms with Gasteiger partial charge in [0, 0.05) is 40.1 Å². The van der Waals surface area contributed by atoms with E-state index < -0.39 is 52.0 Å². The number of fused-ring (bicyclic) bond motifs is 6. The fourth-order valence-corrected chi connectivity index (χ4v) is 11.3. The van der Waals surface area contributed by atoms with Crippen molar-refractivity contribution in [1.29, 1.82) is 0 Å². The van der Waals surface area contributed by atoms with Crippen LogP contribution < -0.4 is 0 Å². The third-order valence-corrected chi connectivity index (χ3v) is 13.6. The number of aliphatic hydroxyl groups is 1. The number of hydrogen-bond donors (Lipinski definition) is 1. The molecular weight excluding hydrogens is 548 g/mol. The number of hydrogen-bond acceptors (Lipinski definition) is 8. The first kappa shape index (κ1) is 29.0. The molecule has 1 unspecified atom stereocenters. The van der Waals surface area contributed by atoms with E-state index in [0.717, 1.165) is 5.57 Å². The number of carbonyl (C=O) groups is 4. The molecule has 232 valence electrons. The molecule has 0 amide bonds. The highest BCUT2D eigenvalue weighted by atomic mass is 16.6. The van der Waals surface area contributed by atoms with Gasteiger partial charge in [0.15, 0.2) is 5.78 Å². The number of ether oxygens (including phenoxy) is 3. The van der Waals surface area contributed by atoms with Gasteiger partial charge < -0.3 is 19.3 Å². The summed E-state index contributed by atoms with van der Waals surface area (Å²) in [5.41, 5.74) is -2.66. The second-order valence-corrected chi connectivity index (χ2v) is 15.3. The molecule has 1 N–H and O–H groups in total. The lowest BCUT2D eigenvalue weighted by molar-refractivity contribution is -0.161. The lowest BCUT2D eigenvalue weighted by Crippen LogP contribution is -2.53. The average Bonchev–Trinajstić information content (AvgIpc) is 3.62. The van der Waals surface area contributed by atoms with Crippen LogP contribution in [0.1, 0.15) is 74.1 Å². The molecule has 7 rings (SSSR count). The van der Waals surface area contributed by atoms with Crippen molar-refractivity contribution in [2.45, 2.75) is 98.1 Å². The van der Waals surface area contributed by atoms with E-state index in [1.165, 1.54) is 0 Å². The van der Waals surface area contributed by atoms with Crippen molar-refractivity contribution in [2.24, 2.45) is 57.7 Å². The van der Waals surface area contributed by atoms with E-state index in [4.69, 9.17) is 14.2 Å². The van der Waals surface area contributed by atoms with E-state index in [9.17, 15) is 24.3 Å². The van der Waals surface area contributed by atoms with Crippen molar-refractivity contribution in [3.05, 3.63) is 35.5 Å². The van der Waals surface area contributed by atoms with Crippen LogP contribution in [-0.4, -0.2) is 52.7 Å². The predicted molar refractivity (Wildman–Crippen MR) is 155 cm³/mol. The molecule has 0 aromatic rings. The molecule has 2 heterocycles. The summed E-state index contributed by atoms with van der Waals surface area (Å²) in [6.45, 7) is 13.3. The lowest BCUT2D eigenvalue weighted by atomic mass is 9.54. The first-order valence-electron chi connectivity index (χ1n) is 16.1. The second kappa shape index (κ2) is 8.92. The minimum absolute atomic E-state index is 0.0304. The summed E-state index contributed by atoms with van der Waals surface area (Å²) in [6.07, 6.45) is 7.61. The molecule has 8 heteroatoms. The smallest absolute Gasteiger partial charge is 0.333 e. The van der Waals surface area contributed by atoms with E-state index in [2.05, 4.69) is 19.1 Å². The number of ketones is 1. The molecule has 0 aromatic carbocycles. The van der Waals surface area contributed by atoms with Crippen molar-refractivity contribution in [3.63, 3.8) is 0 Å². The van der Waals surface area contributed by atoms with Gasteiger partial charge in [-0.05, 0) is 65.4 Å². The fraction of sp³-hybridized carbons (Fsp3) is 0.714. The Bertz CT molecular complexity index is 1420. The highest BCUT2D eigenvalue weighted by Crippen LogP contribution is 2.80. The first-order valence-corrected chi connectivity index (χ1v) is 16.1. The van der Waals surface area contributed by atoms with E-state index in [1.54, 1.807) is 26.0 Å². The van der Waals surface area contributed by atoms with Gasteiger partial charge in [0.25, 0.3) is 0 Å². The van der Waals surface area contributed by atoms with Crippen LogP contribution in [-0.2, 0) is 33.4 Å². The summed E-state index contributed by atoms with van der Waals surface area (Å²) in [5, 5.41) is 12.3. The third-order valence-electron chi connectivity index (χ3n) is 13.6. The molecular formula is C35H44O8. The molecule has 2 saturated heterocycles. The van der Waals surface area contributed by atoms with Crippen LogP contribution >= 0.6 is 0 Å². The predicted octanol–water partition coefficient (Wildman–Crippen LogP) is 4.50. The number of carbonyl (C=O) groups excluding carboxylic acids is 4. The van der Waals surface area contributed by atoms with Crippen molar-refractivity contribution in [2.75, 3.05) is 0 Å². The van der Waals surface area contributed by atoms with E-state index in [1.807, 2.05) is 27.7 Å². The number of esters is 3. The van der Waals surface area contributed by atoms with Gasteiger partial charge in [0.1, 0.15) is 18.3 Å². The Morgan fingerprint density at radius 1 is 1.09 bits per heavy atom. The summed E-state index contributed by atoms with van der Waals surface area (Å²) in [7, 11) is 0. The van der Waals surface area contributed by atoms with Gasteiger partial charge in [-0.25, -0.2) is 4.79 Å². The zero-order valence-corrected chi connectivity index (χ0v) is 26.2. The Morgan fingerprint density at radius 3 is 2.51 bits per heavy atom. The summed E-state index contributed by atoms with van der Waals surface area (Å²) < 4.78 is 19.0. The van der Waals surface area contributed by atoms with Gasteiger partial charge >= 0.3 is 17.9 Å². The first-order chi connectivity index (χ1) is 20.1. The molecule has 43 heavy (non-hydrogen) atoms. The minimum atomic E-state index is -1.17. The molecule has 5 aliphatic carbocycles. The van der Waals surface area contributed by atoms with Gasteiger partial charge in [0.05, 0.1) is 22.9 Å². The Kier molecular flexibility index (Phi) is 6.02. The summed E-state index contributed by atoms with van der Waals surface area (Å²) in [6, 6.07) is 0. The Balaban J connectivity index is 1.43. The maximum atomic E-state index is 14.7. The van der Waals surface area contributed by atoms with Crippen LogP contribution in [0.25, 0.3) is 0 Å². The molecule has 2 bridgehead atoms. The van der Waals surface area contributed by atoms with Gasteiger partial charge in [-0.2, -0.15) is 0 Å². The van der Waals surface area contributed by atoms with Crippen molar-refractivity contribution in [1.82, 2.24) is 0 Å². The van der Waals surface area contributed by atoms with Gasteiger partial charge in [0.2, 0.25) is 0 Å². The van der Waals surface area contributed by atoms with Crippen LogP contribution in [0.3, 0.4) is 0 Å². The van der Waals surface area contributed by atoms with Crippen LogP contribution in [0.4, 0.5) is 0 Å². The molecule has 1 spiro atoms. The zero-order valence-electron chi connectivity index (χ0n) is 26.2. The topological polar surface area (TPSA) is 116 Å². The Hall–Kier alpha value is -2.74. The normalized spacial score (nSPS) is 53.0. The largest absolute Gasteiger partial charge is 0.461 e. The van der Waals surface area contributed by atoms with Crippen molar-refractivity contribution in [3.8, 4) is 0 Å². The maximum Gasteiger partial charge on any atom is 0.333 e. The lowest BCUT2D eigenvalue weighted by Gasteiger charge is -2.46. The maximum absolute atomic E-state index is 14.7. The Labute approximate surface area is 253 Å². The Morgan fingerprint density at radius 2 is 1.81 bits per heavy atom. The van der Waals surface area contributed by atoms with Crippen LogP contribution in [0.15, 0.2) is 35.5 Å². The summed E-state index contributed by atoms with van der Waals surface area (Å²) in [4.78, 5) is 54.4. The number of rotatable bonds is 2. The zero-order chi connectivity index (χ0) is 31.0. The summed E-state index contributed by atoms with van der Waals surface area (Å²) in [5.74, 6) is -3.07. The molecule has 0 radical (unpaired) electrons. The van der Waals surface area contributed by atoms with Crippen LogP contribution in [0.2, 0.25) is 0 Å². The van der Waals surface area contributed by atoms with E-state index >= 15 is 0 Å². The minimum Gasteiger partial charge on any atom is -0.461 e. The van der Waals surface area contributed by atoms with Crippen LogP contribution in [0, 0.1) is 57.7 Å². The van der Waals surface area contributed by atoms with Crippen LogP contribution in [0.5, 0.6) is 0 Å². The molecule has 8 nitrogen and oxygen atoms in total. The average molecular weight is 593 g/mol. The monoisotopic (exact) mass is 592 g/mol. The molecule has 2 aliphatic heterocycles. The van der Waals surface area contributed by atoms with Gasteiger partial charge in [-0.3, -0.25) is 14.4 Å². The second-order valence-electron chi connectivity index (χ2n) is 15.3. The molecule has 14 atom stereocenters. The highest BCUT2D eigenvalue weighted by molar-refractivity contribution is 5.96. The number of allylic oxidation sites excluding steroid dienone is 3. The molecule has 3 saturated carbocycles. The third kappa shape index (κ3) is 3.31. The van der Waals surface area contributed by atoms with Gasteiger partial charge in [-0.1, -0.05) is 44.6 Å². The highest BCUT2D eigenvalue weighted by Gasteiger charge is 2.84. The van der Waals surface area contributed by atoms with Crippen molar-refractivity contribution < 1.29 is 38.5 Å². The molecule has 0 aromatic heterocycles. The molecule has 5 fully saturated rings. The van der Waals surface area contributed by atoms with Crippen molar-refractivity contribution >= 4 is 23.7 Å². The summed E-state index contributed by atoms with van der Waals surface area (Å²) >= 11 is 0. The van der Waals surface area contributed by atoms with E-state index in [0.29, 0.717) is 31.3 Å². The fourth-order valence-electron chi connectivity index (χ4n) is 11.3. The SMILES string of the molecule is C/C=C(/C)C(=O)O[C@H]1C[C@H](C)[C@@H]2C(=O)C=C(C)[C@@H]2[C@H]2OC(=O)C3(C[C@@]45C=C[C@@]3(C)[C@@H]4[C@H]3OC(=O)[C@@H](C)[C@@H]3CC[C@@]5(C)O)[C@@H]21.